The Bertz CT molecular complexity index is 1350. The van der Waals surface area contributed by atoms with Crippen LogP contribution >= 0.6 is 0 Å². The number of nitriles is 1. The van der Waals surface area contributed by atoms with E-state index < -0.39 is 57.8 Å². The van der Waals surface area contributed by atoms with Crippen molar-refractivity contribution >= 4 is 27.5 Å². The number of carbonyl (C=O) groups is 1. The van der Waals surface area contributed by atoms with Crippen LogP contribution in [0, 0.1) is 23.7 Å². The van der Waals surface area contributed by atoms with Crippen molar-refractivity contribution < 1.29 is 31.1 Å². The second-order valence-corrected chi connectivity index (χ2v) is 6.15. The third kappa shape index (κ3) is 3.16. The number of carbonyl (C=O) groups excluding carboxylic acids is 1. The summed E-state index contributed by atoms with van der Waals surface area (Å²) in [5, 5.41) is 7.74. The SMILES string of the molecule is C#CCn1c(=O)c(C#N)c(C(F)(F)F)c2cc(C(=O)C(F)(F)F)c3ccccc3c21. The Labute approximate surface area is 163 Å². The molecule has 0 aliphatic rings. The molecule has 0 fully saturated rings. The summed E-state index contributed by atoms with van der Waals surface area (Å²) in [6.07, 6.45) is -5.43. The molecule has 0 amide bonds. The highest BCUT2D eigenvalue weighted by Gasteiger charge is 2.42. The third-order valence-electron chi connectivity index (χ3n) is 4.41. The van der Waals surface area contributed by atoms with Crippen LogP contribution in [0.25, 0.3) is 21.7 Å². The van der Waals surface area contributed by atoms with Gasteiger partial charge in [-0.25, -0.2) is 0 Å². The lowest BCUT2D eigenvalue weighted by atomic mass is 9.93. The molecule has 0 atom stereocenters. The van der Waals surface area contributed by atoms with E-state index in [1.807, 2.05) is 0 Å². The molecule has 0 N–H and O–H groups in total. The van der Waals surface area contributed by atoms with Crippen molar-refractivity contribution in [2.45, 2.75) is 18.9 Å². The standard InChI is InChI=1S/C20H8F6N2O2/c1-2-7-28-16-11-6-4-3-5-10(11)12(17(29)20(24,25)26)8-13(16)15(19(21,22)23)14(9-27)18(28)30/h1,3-6,8H,7H2. The topological polar surface area (TPSA) is 62.9 Å². The van der Waals surface area contributed by atoms with E-state index in [9.17, 15) is 41.2 Å². The van der Waals surface area contributed by atoms with Crippen molar-refractivity contribution in [3.8, 4) is 18.4 Å². The Morgan fingerprint density at radius 1 is 1.07 bits per heavy atom. The van der Waals surface area contributed by atoms with Gasteiger partial charge in [0.15, 0.2) is 0 Å². The Kier molecular flexibility index (Phi) is 4.83. The lowest BCUT2D eigenvalue weighted by Gasteiger charge is -2.19. The van der Waals surface area contributed by atoms with Crippen molar-refractivity contribution in [3.63, 3.8) is 0 Å². The molecule has 152 valence electrons. The van der Waals surface area contributed by atoms with Gasteiger partial charge in [-0.15, -0.1) is 6.42 Å². The van der Waals surface area contributed by atoms with Gasteiger partial charge < -0.3 is 0 Å². The highest BCUT2D eigenvalue weighted by atomic mass is 19.4. The lowest BCUT2D eigenvalue weighted by molar-refractivity contribution is -0.136. The predicted octanol–water partition coefficient (Wildman–Crippen LogP) is 4.42. The highest BCUT2D eigenvalue weighted by molar-refractivity contribution is 6.18. The Hall–Kier alpha value is -3.79. The summed E-state index contributed by atoms with van der Waals surface area (Å²) in [4.78, 5) is 24.5. The first kappa shape index (κ1) is 20.9. The molecule has 0 saturated carbocycles. The lowest BCUT2D eigenvalue weighted by Crippen LogP contribution is -2.28. The summed E-state index contributed by atoms with van der Waals surface area (Å²) in [6.45, 7) is -0.543. The molecular formula is C20H8F6N2O2. The van der Waals surface area contributed by atoms with Gasteiger partial charge >= 0.3 is 12.4 Å². The fraction of sp³-hybridized carbons (Fsp3) is 0.150. The van der Waals surface area contributed by atoms with Gasteiger partial charge in [-0.1, -0.05) is 30.2 Å². The van der Waals surface area contributed by atoms with Crippen molar-refractivity contribution in [1.82, 2.24) is 4.57 Å². The number of halogens is 6. The first-order chi connectivity index (χ1) is 13.9. The molecule has 3 rings (SSSR count). The molecule has 0 aliphatic carbocycles. The number of benzene rings is 2. The number of pyridine rings is 1. The van der Waals surface area contributed by atoms with Gasteiger partial charge in [0.05, 0.1) is 17.6 Å². The van der Waals surface area contributed by atoms with Crippen LogP contribution in [0.3, 0.4) is 0 Å². The summed E-state index contributed by atoms with van der Waals surface area (Å²) < 4.78 is 81.4. The molecule has 0 bridgehead atoms. The van der Waals surface area contributed by atoms with E-state index >= 15 is 0 Å². The van der Waals surface area contributed by atoms with Crippen LogP contribution in [0.15, 0.2) is 35.1 Å². The van der Waals surface area contributed by atoms with Crippen molar-refractivity contribution in [3.05, 3.63) is 57.4 Å². The molecule has 0 radical (unpaired) electrons. The second kappa shape index (κ2) is 6.92. The van der Waals surface area contributed by atoms with Crippen molar-refractivity contribution in [1.29, 1.82) is 5.26 Å². The van der Waals surface area contributed by atoms with E-state index in [1.54, 1.807) is 0 Å². The normalized spacial score (nSPS) is 12.0. The molecule has 3 aromatic rings. The quantitative estimate of drug-likeness (QED) is 0.266. The molecule has 0 spiro atoms. The Morgan fingerprint density at radius 3 is 2.17 bits per heavy atom. The maximum Gasteiger partial charge on any atom is 0.454 e. The summed E-state index contributed by atoms with van der Waals surface area (Å²) >= 11 is 0. The molecule has 0 aliphatic heterocycles. The van der Waals surface area contributed by atoms with Crippen molar-refractivity contribution in [2.24, 2.45) is 0 Å². The summed E-state index contributed by atoms with van der Waals surface area (Å²) in [5.41, 5.74) is -5.84. The Morgan fingerprint density at radius 2 is 1.67 bits per heavy atom. The maximum atomic E-state index is 13.8. The molecule has 10 heteroatoms. The molecule has 0 saturated heterocycles. The zero-order valence-corrected chi connectivity index (χ0v) is 14.6. The Balaban J connectivity index is 2.74. The minimum Gasteiger partial charge on any atom is -0.295 e. The van der Waals surface area contributed by atoms with Gasteiger partial charge in [-0.3, -0.25) is 14.2 Å². The first-order valence-corrected chi connectivity index (χ1v) is 8.08. The molecule has 30 heavy (non-hydrogen) atoms. The number of terminal acetylenes is 1. The van der Waals surface area contributed by atoms with E-state index in [2.05, 4.69) is 5.92 Å². The maximum absolute atomic E-state index is 13.8. The number of hydrogen-bond donors (Lipinski definition) is 0. The average Bonchev–Trinajstić information content (AvgIpc) is 2.66. The van der Waals surface area contributed by atoms with Gasteiger partial charge in [0.25, 0.3) is 11.3 Å². The van der Waals surface area contributed by atoms with E-state index in [0.717, 1.165) is 12.1 Å². The number of hydrogen-bond acceptors (Lipinski definition) is 3. The molecule has 2 aromatic carbocycles. The second-order valence-electron chi connectivity index (χ2n) is 6.15. The fourth-order valence-electron chi connectivity index (χ4n) is 3.30. The van der Waals surface area contributed by atoms with Crippen LogP contribution in [-0.4, -0.2) is 16.5 Å². The molecule has 1 heterocycles. The third-order valence-corrected chi connectivity index (χ3v) is 4.41. The van der Waals surface area contributed by atoms with Gasteiger partial charge in [-0.05, 0) is 11.5 Å². The van der Waals surface area contributed by atoms with E-state index in [1.165, 1.54) is 18.2 Å². The van der Waals surface area contributed by atoms with Gasteiger partial charge in [0, 0.05) is 16.3 Å². The van der Waals surface area contributed by atoms with E-state index in [4.69, 9.17) is 6.42 Å². The van der Waals surface area contributed by atoms with Gasteiger partial charge in [0.1, 0.15) is 11.6 Å². The summed E-state index contributed by atoms with van der Waals surface area (Å²) in [7, 11) is 0. The highest BCUT2D eigenvalue weighted by Crippen LogP contribution is 2.40. The predicted molar refractivity (Wildman–Crippen MR) is 94.6 cm³/mol. The van der Waals surface area contributed by atoms with Crippen LogP contribution in [0.5, 0.6) is 0 Å². The zero-order valence-electron chi connectivity index (χ0n) is 14.6. The monoisotopic (exact) mass is 422 g/mol. The van der Waals surface area contributed by atoms with Crippen LogP contribution in [-0.2, 0) is 12.7 Å². The van der Waals surface area contributed by atoms with Gasteiger partial charge in [0.2, 0.25) is 0 Å². The number of ketones is 1. The van der Waals surface area contributed by atoms with E-state index in [-0.39, 0.29) is 10.8 Å². The first-order valence-electron chi connectivity index (χ1n) is 8.08. The fourth-order valence-corrected chi connectivity index (χ4v) is 3.30. The van der Waals surface area contributed by atoms with Crippen LogP contribution < -0.4 is 5.56 Å². The summed E-state index contributed by atoms with van der Waals surface area (Å²) in [6, 6.07) is 6.46. The van der Waals surface area contributed by atoms with E-state index in [0.29, 0.717) is 10.6 Å². The molecule has 0 unspecified atom stereocenters. The summed E-state index contributed by atoms with van der Waals surface area (Å²) in [5.74, 6) is -0.281. The minimum absolute atomic E-state index is 0.218. The number of alkyl halides is 6. The molecule has 1 aromatic heterocycles. The number of Topliss-reactive ketones (excluding diaryl/α,β-unsaturated/α-hetero) is 1. The largest absolute Gasteiger partial charge is 0.454 e. The van der Waals surface area contributed by atoms with Crippen molar-refractivity contribution in [2.75, 3.05) is 0 Å². The number of aromatic nitrogens is 1. The minimum atomic E-state index is -5.36. The van der Waals surface area contributed by atoms with Crippen LogP contribution in [0.2, 0.25) is 0 Å². The number of fused-ring (bicyclic) bond motifs is 3. The smallest absolute Gasteiger partial charge is 0.295 e. The molecule has 4 nitrogen and oxygen atoms in total. The molecular weight excluding hydrogens is 414 g/mol. The van der Waals surface area contributed by atoms with Crippen LogP contribution in [0.4, 0.5) is 26.3 Å². The average molecular weight is 422 g/mol. The van der Waals surface area contributed by atoms with Gasteiger partial charge in [-0.2, -0.15) is 31.6 Å². The zero-order chi connectivity index (χ0) is 22.4. The number of nitrogens with zero attached hydrogens (tertiary/aromatic N) is 2. The van der Waals surface area contributed by atoms with Crippen LogP contribution in [0.1, 0.15) is 21.5 Å². The number of rotatable bonds is 2.